The summed E-state index contributed by atoms with van der Waals surface area (Å²) in [6.07, 6.45) is 7.84. The molecule has 2 aromatic carbocycles. The van der Waals surface area contributed by atoms with Crippen molar-refractivity contribution in [2.45, 2.75) is 57.3 Å². The molecule has 0 unspecified atom stereocenters. The van der Waals surface area contributed by atoms with Gasteiger partial charge >= 0.3 is 11.9 Å². The van der Waals surface area contributed by atoms with Crippen LogP contribution in [0.25, 0.3) is 0 Å². The van der Waals surface area contributed by atoms with Gasteiger partial charge in [-0.1, -0.05) is 69.0 Å². The molecule has 0 heterocycles. The van der Waals surface area contributed by atoms with Crippen molar-refractivity contribution in [3.05, 3.63) is 95.1 Å². The highest BCUT2D eigenvalue weighted by Crippen LogP contribution is 2.37. The predicted molar refractivity (Wildman–Crippen MR) is 156 cm³/mol. The SMILES string of the molecule is C=C(CO)C(=O)OCC(COC(=O)C(=C)CO)c1ccc(C#Cc2ccc(C3CCC(CCC)CC3)cc2)cc1. The molecule has 1 fully saturated rings. The Morgan fingerprint density at radius 1 is 0.825 bits per heavy atom. The zero-order valence-electron chi connectivity index (χ0n) is 23.4. The van der Waals surface area contributed by atoms with Crippen molar-refractivity contribution in [1.82, 2.24) is 0 Å². The van der Waals surface area contributed by atoms with E-state index < -0.39 is 31.1 Å². The van der Waals surface area contributed by atoms with Crippen LogP contribution in [0.2, 0.25) is 0 Å². The van der Waals surface area contributed by atoms with E-state index in [1.54, 1.807) is 0 Å². The predicted octanol–water partition coefficient (Wildman–Crippen LogP) is 5.43. The molecule has 2 N–H and O–H groups in total. The molecule has 0 aromatic heterocycles. The van der Waals surface area contributed by atoms with Crippen molar-refractivity contribution in [2.24, 2.45) is 5.92 Å². The number of esters is 2. The lowest BCUT2D eigenvalue weighted by atomic mass is 9.77. The van der Waals surface area contributed by atoms with Crippen molar-refractivity contribution >= 4 is 11.9 Å². The summed E-state index contributed by atoms with van der Waals surface area (Å²) in [5.41, 5.74) is 3.81. The normalized spacial score (nSPS) is 16.5. The number of benzene rings is 2. The second-order valence-corrected chi connectivity index (χ2v) is 10.4. The Kier molecular flexibility index (Phi) is 12.2. The lowest BCUT2D eigenvalue weighted by Gasteiger charge is -2.28. The molecule has 212 valence electrons. The third-order valence-corrected chi connectivity index (χ3v) is 7.45. The number of carbonyl (C=O) groups is 2. The molecule has 3 rings (SSSR count). The first-order valence-electron chi connectivity index (χ1n) is 14.0. The number of aliphatic hydroxyl groups excluding tert-OH is 2. The molecule has 1 aliphatic carbocycles. The highest BCUT2D eigenvalue weighted by Gasteiger charge is 2.22. The fourth-order valence-electron chi connectivity index (χ4n) is 4.94. The second kappa shape index (κ2) is 15.8. The number of hydrogen-bond acceptors (Lipinski definition) is 6. The van der Waals surface area contributed by atoms with Crippen LogP contribution in [-0.4, -0.2) is 48.6 Å². The Morgan fingerprint density at radius 2 is 1.30 bits per heavy atom. The summed E-state index contributed by atoms with van der Waals surface area (Å²) >= 11 is 0. The molecular weight excluding hydrogens is 504 g/mol. The van der Waals surface area contributed by atoms with Gasteiger partial charge in [0.05, 0.1) is 30.3 Å². The van der Waals surface area contributed by atoms with Gasteiger partial charge in [-0.05, 0) is 72.9 Å². The van der Waals surface area contributed by atoms with Crippen LogP contribution in [0.3, 0.4) is 0 Å². The smallest absolute Gasteiger partial charge is 0.335 e. The van der Waals surface area contributed by atoms with Crippen molar-refractivity contribution in [3.8, 4) is 11.8 Å². The number of hydrogen-bond donors (Lipinski definition) is 2. The quantitative estimate of drug-likeness (QED) is 0.210. The number of carbonyl (C=O) groups excluding carboxylic acids is 2. The van der Waals surface area contributed by atoms with Gasteiger partial charge in [0, 0.05) is 11.1 Å². The Balaban J connectivity index is 1.63. The molecule has 0 amide bonds. The monoisotopic (exact) mass is 544 g/mol. The molecule has 0 saturated heterocycles. The summed E-state index contributed by atoms with van der Waals surface area (Å²) in [4.78, 5) is 23.9. The maximum atomic E-state index is 12.0. The zero-order valence-corrected chi connectivity index (χ0v) is 23.4. The number of aliphatic hydroxyl groups is 2. The summed E-state index contributed by atoms with van der Waals surface area (Å²) in [5.74, 6) is 6.04. The Labute approximate surface area is 237 Å². The molecule has 40 heavy (non-hydrogen) atoms. The van der Waals surface area contributed by atoms with Crippen molar-refractivity contribution in [3.63, 3.8) is 0 Å². The van der Waals surface area contributed by atoms with Crippen LogP contribution >= 0.6 is 0 Å². The first-order chi connectivity index (χ1) is 19.3. The van der Waals surface area contributed by atoms with Gasteiger partial charge in [0.15, 0.2) is 0 Å². The molecule has 0 radical (unpaired) electrons. The van der Waals surface area contributed by atoms with Crippen LogP contribution in [0.5, 0.6) is 0 Å². The van der Waals surface area contributed by atoms with Gasteiger partial charge in [-0.25, -0.2) is 9.59 Å². The average Bonchev–Trinajstić information content (AvgIpc) is 3.00. The highest BCUT2D eigenvalue weighted by molar-refractivity contribution is 5.88. The molecular formula is C34H40O6. The molecule has 1 saturated carbocycles. The van der Waals surface area contributed by atoms with E-state index in [0.29, 0.717) is 5.92 Å². The minimum absolute atomic E-state index is 0.0672. The fourth-order valence-corrected chi connectivity index (χ4v) is 4.94. The Hall–Kier alpha value is -3.66. The topological polar surface area (TPSA) is 93.1 Å². The van der Waals surface area contributed by atoms with E-state index in [0.717, 1.165) is 22.6 Å². The van der Waals surface area contributed by atoms with Crippen LogP contribution < -0.4 is 0 Å². The van der Waals surface area contributed by atoms with Crippen LogP contribution in [0, 0.1) is 17.8 Å². The van der Waals surface area contributed by atoms with E-state index in [1.807, 2.05) is 24.3 Å². The summed E-state index contributed by atoms with van der Waals surface area (Å²) < 4.78 is 10.5. The first kappa shape index (κ1) is 30.9. The summed E-state index contributed by atoms with van der Waals surface area (Å²) in [5, 5.41) is 18.2. The van der Waals surface area contributed by atoms with Gasteiger partial charge in [-0.2, -0.15) is 0 Å². The van der Waals surface area contributed by atoms with E-state index in [9.17, 15) is 9.59 Å². The molecule has 0 bridgehead atoms. The molecule has 1 aliphatic rings. The van der Waals surface area contributed by atoms with Gasteiger partial charge < -0.3 is 19.7 Å². The molecule has 6 nitrogen and oxygen atoms in total. The summed E-state index contributed by atoms with van der Waals surface area (Å²) in [6.45, 7) is 8.00. The molecule has 6 heteroatoms. The largest absolute Gasteiger partial charge is 0.461 e. The molecule has 0 spiro atoms. The lowest BCUT2D eigenvalue weighted by Crippen LogP contribution is -2.21. The van der Waals surface area contributed by atoms with Crippen LogP contribution in [-0.2, 0) is 19.1 Å². The van der Waals surface area contributed by atoms with Gasteiger partial charge in [0.2, 0.25) is 0 Å². The van der Waals surface area contributed by atoms with E-state index in [2.05, 4.69) is 56.2 Å². The van der Waals surface area contributed by atoms with Crippen molar-refractivity contribution in [1.29, 1.82) is 0 Å². The van der Waals surface area contributed by atoms with E-state index >= 15 is 0 Å². The van der Waals surface area contributed by atoms with E-state index in [1.165, 1.54) is 44.1 Å². The summed E-state index contributed by atoms with van der Waals surface area (Å²) in [7, 11) is 0. The lowest BCUT2D eigenvalue weighted by molar-refractivity contribution is -0.142. The molecule has 2 aromatic rings. The van der Waals surface area contributed by atoms with E-state index in [-0.39, 0.29) is 24.4 Å². The second-order valence-electron chi connectivity index (χ2n) is 10.4. The van der Waals surface area contributed by atoms with Gasteiger partial charge in [0.25, 0.3) is 0 Å². The number of rotatable bonds is 12. The molecule has 0 aliphatic heterocycles. The number of ether oxygens (including phenoxy) is 2. The highest BCUT2D eigenvalue weighted by atomic mass is 16.5. The van der Waals surface area contributed by atoms with Crippen molar-refractivity contribution in [2.75, 3.05) is 26.4 Å². The van der Waals surface area contributed by atoms with E-state index in [4.69, 9.17) is 19.7 Å². The third-order valence-electron chi connectivity index (χ3n) is 7.45. The standard InChI is InChI=1S/C34H40O6/c1-4-5-26-8-14-29(15-9-26)30-16-10-27(11-17-30)6-7-28-12-18-31(19-13-28)32(22-39-33(37)24(2)20-35)23-40-34(38)25(3)21-36/h10-13,16-19,26,29,32,35-36H,2-5,8-9,14-15,20-23H2,1H3. The van der Waals surface area contributed by atoms with Crippen molar-refractivity contribution < 1.29 is 29.3 Å². The third kappa shape index (κ3) is 9.22. The maximum absolute atomic E-state index is 12.0. The fraction of sp³-hybridized carbons (Fsp3) is 0.412. The Bertz CT molecular complexity index is 1180. The first-order valence-corrected chi connectivity index (χ1v) is 14.0. The average molecular weight is 545 g/mol. The van der Waals surface area contributed by atoms with Crippen LogP contribution in [0.1, 0.15) is 79.5 Å². The van der Waals surface area contributed by atoms with Gasteiger partial charge in [-0.3, -0.25) is 0 Å². The van der Waals surface area contributed by atoms with Gasteiger partial charge in [-0.15, -0.1) is 0 Å². The Morgan fingerprint density at radius 3 is 1.75 bits per heavy atom. The molecule has 0 atom stereocenters. The minimum atomic E-state index is -0.726. The van der Waals surface area contributed by atoms with Gasteiger partial charge in [0.1, 0.15) is 13.2 Å². The maximum Gasteiger partial charge on any atom is 0.335 e. The minimum Gasteiger partial charge on any atom is -0.461 e. The van der Waals surface area contributed by atoms with Crippen LogP contribution in [0.15, 0.2) is 72.8 Å². The van der Waals surface area contributed by atoms with Crippen LogP contribution in [0.4, 0.5) is 0 Å². The zero-order chi connectivity index (χ0) is 28.9. The summed E-state index contributed by atoms with van der Waals surface area (Å²) in [6, 6.07) is 16.0.